The Balaban J connectivity index is 0.000000314. The molecule has 0 amide bonds. The summed E-state index contributed by atoms with van der Waals surface area (Å²) in [6.07, 6.45) is 4.46. The standard InChI is InChI=1S/C17H29NO3S.C11H10Cl2F2N4O3S/c1-5-8-14(18-21-6-2)17-15(19)10-13(11-16(17)20)9-12(4)22-7-3;1-5-16-19(11(20)18(5)10(14)15)9-4-8(17-23(2,21)22)6(12)3-7(9)13/h12-13,19H,5-11H2,1-4H3;3-4,10,17H,1-2H3. The van der Waals surface area contributed by atoms with E-state index < -0.39 is 22.3 Å². The molecule has 2 N–H and O–H groups in total. The molecule has 2 atom stereocenters. The summed E-state index contributed by atoms with van der Waals surface area (Å²) in [5.74, 6) is 1.29. The van der Waals surface area contributed by atoms with E-state index in [4.69, 9.17) is 28.0 Å². The number of aromatic nitrogens is 3. The number of benzene rings is 1. The van der Waals surface area contributed by atoms with Gasteiger partial charge in [-0.15, -0.1) is 5.10 Å². The number of oxime groups is 1. The van der Waals surface area contributed by atoms with E-state index in [0.29, 0.717) is 47.1 Å². The molecule has 0 spiro atoms. The van der Waals surface area contributed by atoms with Gasteiger partial charge in [0, 0.05) is 18.1 Å². The number of allylic oxidation sites excluding steroid dienone is 2. The molecule has 0 radical (unpaired) electrons. The smallest absolute Gasteiger partial charge is 0.355 e. The van der Waals surface area contributed by atoms with Gasteiger partial charge in [0.1, 0.15) is 18.2 Å². The second-order valence-corrected chi connectivity index (χ2v) is 14.6. The van der Waals surface area contributed by atoms with Crippen LogP contribution >= 0.6 is 35.0 Å². The molecule has 0 bridgehead atoms. The summed E-state index contributed by atoms with van der Waals surface area (Å²) < 4.78 is 51.3. The largest absolute Gasteiger partial charge is 0.511 e. The fourth-order valence-corrected chi connectivity index (χ4v) is 6.83. The predicted molar refractivity (Wildman–Crippen MR) is 176 cm³/mol. The van der Waals surface area contributed by atoms with Crippen molar-refractivity contribution in [3.8, 4) is 5.69 Å². The molecule has 0 fully saturated rings. The van der Waals surface area contributed by atoms with Crippen LogP contribution in [0.1, 0.15) is 72.2 Å². The number of carbonyl (C=O) groups is 1. The molecule has 11 nitrogen and oxygen atoms in total. The zero-order valence-corrected chi connectivity index (χ0v) is 29.1. The quantitative estimate of drug-likeness (QED) is 0.168. The first kappa shape index (κ1) is 38.6. The first-order valence-electron chi connectivity index (χ1n) is 14.2. The molecule has 45 heavy (non-hydrogen) atoms. The van der Waals surface area contributed by atoms with E-state index in [1.54, 1.807) is 0 Å². The van der Waals surface area contributed by atoms with E-state index in [2.05, 4.69) is 28.8 Å². The van der Waals surface area contributed by atoms with Gasteiger partial charge in [-0.05, 0) is 50.5 Å². The molecule has 2 aromatic rings. The van der Waals surface area contributed by atoms with E-state index in [1.165, 1.54) is 13.0 Å². The minimum Gasteiger partial charge on any atom is -0.511 e. The lowest BCUT2D eigenvalue weighted by molar-refractivity contribution is -0.116. The number of anilines is 1. The van der Waals surface area contributed by atoms with Crippen LogP contribution in [0.2, 0.25) is 10.0 Å². The van der Waals surface area contributed by atoms with E-state index in [9.17, 15) is 31.9 Å². The van der Waals surface area contributed by atoms with Crippen molar-refractivity contribution in [2.24, 2.45) is 11.1 Å². The van der Waals surface area contributed by atoms with Crippen LogP contribution in [0.25, 0.3) is 5.69 Å². The topological polar surface area (TPSA) is 145 Å². The van der Waals surface area contributed by atoms with Crippen molar-refractivity contribution >= 4 is 62.2 Å². The maximum absolute atomic E-state index is 12.8. The third kappa shape index (κ3) is 11.0. The van der Waals surface area contributed by atoms with Crippen molar-refractivity contribution in [1.29, 1.82) is 0 Å². The third-order valence-electron chi connectivity index (χ3n) is 6.46. The van der Waals surface area contributed by atoms with Crippen molar-refractivity contribution in [3.05, 3.63) is 49.8 Å². The van der Waals surface area contributed by atoms with Crippen LogP contribution < -0.4 is 10.4 Å². The lowest BCUT2D eigenvalue weighted by atomic mass is 9.82. The summed E-state index contributed by atoms with van der Waals surface area (Å²) >= 11 is 13.7. The minimum absolute atomic E-state index is 0.00866. The van der Waals surface area contributed by atoms with Gasteiger partial charge < -0.3 is 9.94 Å². The highest BCUT2D eigenvalue weighted by Crippen LogP contribution is 2.33. The normalized spacial score (nSPS) is 16.5. The van der Waals surface area contributed by atoms with E-state index in [-0.39, 0.29) is 49.3 Å². The van der Waals surface area contributed by atoms with E-state index in [0.717, 1.165) is 30.9 Å². The number of aliphatic hydroxyl groups excluding tert-OH is 1. The number of hydrogen-bond acceptors (Lipinski definition) is 9. The summed E-state index contributed by atoms with van der Waals surface area (Å²) in [5.41, 5.74) is -0.268. The molecule has 0 saturated carbocycles. The third-order valence-corrected chi connectivity index (χ3v) is 8.76. The number of alkyl halides is 2. The predicted octanol–water partition coefficient (Wildman–Crippen LogP) is 6.92. The second kappa shape index (κ2) is 17.3. The molecule has 1 aromatic heterocycles. The van der Waals surface area contributed by atoms with Gasteiger partial charge in [-0.2, -0.15) is 25.2 Å². The van der Waals surface area contributed by atoms with Crippen molar-refractivity contribution in [2.75, 3.05) is 23.3 Å². The number of nitrogens with zero attached hydrogens (tertiary/aromatic N) is 4. The van der Waals surface area contributed by atoms with Crippen LogP contribution in [0.5, 0.6) is 0 Å². The number of ketones is 1. The van der Waals surface area contributed by atoms with E-state index in [1.807, 2.05) is 25.6 Å². The van der Waals surface area contributed by atoms with Crippen LogP contribution in [0.4, 0.5) is 14.5 Å². The van der Waals surface area contributed by atoms with Gasteiger partial charge >= 0.3 is 12.2 Å². The summed E-state index contributed by atoms with van der Waals surface area (Å²) in [6.45, 7) is 6.83. The highest BCUT2D eigenvalue weighted by molar-refractivity contribution is 7.99. The molecule has 2 unspecified atom stereocenters. The zero-order valence-electron chi connectivity index (χ0n) is 25.9. The molecule has 1 aromatic carbocycles. The van der Waals surface area contributed by atoms with Crippen LogP contribution in [0, 0.1) is 12.8 Å². The molecule has 3 rings (SSSR count). The number of thioether (sulfide) groups is 1. The summed E-state index contributed by atoms with van der Waals surface area (Å²) in [5, 5.41) is 18.6. The highest BCUT2D eigenvalue weighted by Gasteiger charge is 2.31. The van der Waals surface area contributed by atoms with Gasteiger partial charge in [0.15, 0.2) is 5.78 Å². The number of aryl methyl sites for hydroxylation is 1. The molecule has 1 aliphatic rings. The lowest BCUT2D eigenvalue weighted by Gasteiger charge is -2.25. The Bertz CT molecular complexity index is 1580. The molecule has 17 heteroatoms. The molecule has 1 heterocycles. The van der Waals surface area contributed by atoms with Crippen LogP contribution in [0.15, 0.2) is 33.4 Å². The Hall–Kier alpha value is -2.62. The zero-order chi connectivity index (χ0) is 34.1. The number of halogens is 4. The fraction of sp³-hybridized carbons (Fsp3) is 0.571. The molecular weight excluding hydrogens is 675 g/mol. The number of rotatable bonds is 13. The SMILES string of the molecule is CCCC(=NOCC)C1=C(O)CC(CC(C)SCC)CC1=O.Cc1nn(-c2cc(NS(C)(=O)=O)c(Cl)cc2Cl)c(=O)n1C(F)F. The van der Waals surface area contributed by atoms with Gasteiger partial charge in [0.05, 0.1) is 39.0 Å². The Labute approximate surface area is 276 Å². The average Bonchev–Trinajstić information content (AvgIpc) is 3.21. The van der Waals surface area contributed by atoms with Crippen molar-refractivity contribution < 1.29 is 31.9 Å². The van der Waals surface area contributed by atoms with Crippen molar-refractivity contribution in [1.82, 2.24) is 14.3 Å². The van der Waals surface area contributed by atoms with Gasteiger partial charge in [-0.1, -0.05) is 55.5 Å². The minimum atomic E-state index is -3.65. The average molecular weight is 715 g/mol. The Morgan fingerprint density at radius 3 is 2.40 bits per heavy atom. The molecule has 0 saturated heterocycles. The van der Waals surface area contributed by atoms with E-state index >= 15 is 0 Å². The van der Waals surface area contributed by atoms with Gasteiger partial charge in [-0.25, -0.2) is 17.8 Å². The Morgan fingerprint density at radius 1 is 1.22 bits per heavy atom. The van der Waals surface area contributed by atoms with Crippen LogP contribution in [0.3, 0.4) is 0 Å². The van der Waals surface area contributed by atoms with Crippen LogP contribution in [-0.2, 0) is 19.7 Å². The van der Waals surface area contributed by atoms with Crippen molar-refractivity contribution in [2.45, 2.75) is 78.5 Å². The van der Waals surface area contributed by atoms with Gasteiger partial charge in [-0.3, -0.25) is 9.52 Å². The summed E-state index contributed by atoms with van der Waals surface area (Å²) in [7, 11) is -3.65. The monoisotopic (exact) mass is 713 g/mol. The van der Waals surface area contributed by atoms with Gasteiger partial charge in [0.2, 0.25) is 10.0 Å². The summed E-state index contributed by atoms with van der Waals surface area (Å²) in [4.78, 5) is 29.6. The fourth-order valence-electron chi connectivity index (χ4n) is 4.72. The Kier molecular flexibility index (Phi) is 14.9. The summed E-state index contributed by atoms with van der Waals surface area (Å²) in [6, 6.07) is 2.31. The van der Waals surface area contributed by atoms with Gasteiger partial charge in [0.25, 0.3) is 0 Å². The first-order valence-corrected chi connectivity index (χ1v) is 17.9. The lowest BCUT2D eigenvalue weighted by Crippen LogP contribution is -2.26. The maximum Gasteiger partial charge on any atom is 0.355 e. The number of Topliss-reactive ketones (excluding diaryl/α,β-unsaturated/α-hetero) is 1. The number of hydrogen-bond donors (Lipinski definition) is 2. The number of carbonyl (C=O) groups excluding carboxylic acids is 1. The maximum atomic E-state index is 12.8. The molecule has 0 aliphatic heterocycles. The number of sulfonamides is 1. The first-order chi connectivity index (χ1) is 21.0. The Morgan fingerprint density at radius 2 is 1.89 bits per heavy atom. The molecule has 252 valence electrons. The number of nitrogens with one attached hydrogen (secondary N) is 1. The van der Waals surface area contributed by atoms with Crippen LogP contribution in [-0.4, -0.2) is 63.2 Å². The second-order valence-electron chi connectivity index (χ2n) is 10.3. The highest BCUT2D eigenvalue weighted by atomic mass is 35.5. The molecule has 1 aliphatic carbocycles. The van der Waals surface area contributed by atoms with Crippen molar-refractivity contribution in [3.63, 3.8) is 0 Å². The number of aliphatic hydroxyl groups is 1. The molecular formula is C28H39Cl2F2N5O6S2.